The van der Waals surface area contributed by atoms with Gasteiger partial charge in [-0.25, -0.2) is 0 Å². The number of rotatable bonds is 6. The summed E-state index contributed by atoms with van der Waals surface area (Å²) >= 11 is 0. The van der Waals surface area contributed by atoms with E-state index >= 15 is 0 Å². The molecule has 0 amide bonds. The molecule has 2 nitrogen and oxygen atoms in total. The molecule has 0 heterocycles. The van der Waals surface area contributed by atoms with E-state index in [4.69, 9.17) is 0 Å². The van der Waals surface area contributed by atoms with Gasteiger partial charge in [0, 0.05) is 23.8 Å². The molecule has 0 aromatic heterocycles. The van der Waals surface area contributed by atoms with E-state index in [9.17, 15) is 0 Å². The first-order chi connectivity index (χ1) is 9.63. The highest BCUT2D eigenvalue weighted by Gasteiger charge is 2.22. The lowest BCUT2D eigenvalue weighted by atomic mass is 9.90. The molecular formula is C18H30N2. The third-order valence-electron chi connectivity index (χ3n) is 4.22. The van der Waals surface area contributed by atoms with Gasteiger partial charge in [0.25, 0.3) is 0 Å². The first kappa shape index (κ1) is 15.4. The molecule has 0 saturated heterocycles. The van der Waals surface area contributed by atoms with Crippen molar-refractivity contribution in [3.05, 3.63) is 30.3 Å². The maximum atomic E-state index is 3.81. The van der Waals surface area contributed by atoms with Crippen LogP contribution in [0, 0.1) is 5.92 Å². The normalized spacial score (nSPS) is 24.6. The van der Waals surface area contributed by atoms with Gasteiger partial charge in [0.15, 0.2) is 0 Å². The lowest BCUT2D eigenvalue weighted by Crippen LogP contribution is -2.41. The van der Waals surface area contributed by atoms with E-state index in [1.54, 1.807) is 0 Å². The van der Waals surface area contributed by atoms with Crippen LogP contribution in [0.3, 0.4) is 0 Å². The number of anilines is 1. The van der Waals surface area contributed by atoms with Gasteiger partial charge in [-0.15, -0.1) is 0 Å². The smallest absolute Gasteiger partial charge is 0.0342 e. The highest BCUT2D eigenvalue weighted by molar-refractivity contribution is 5.43. The van der Waals surface area contributed by atoms with Gasteiger partial charge in [-0.3, -0.25) is 0 Å². The number of hydrogen-bond acceptors (Lipinski definition) is 2. The van der Waals surface area contributed by atoms with E-state index in [0.29, 0.717) is 12.1 Å². The van der Waals surface area contributed by atoms with Crippen molar-refractivity contribution < 1.29 is 0 Å². The molecule has 1 unspecified atom stereocenters. The Morgan fingerprint density at radius 1 is 0.950 bits per heavy atom. The maximum absolute atomic E-state index is 3.81. The molecule has 2 rings (SSSR count). The quantitative estimate of drug-likeness (QED) is 0.801. The van der Waals surface area contributed by atoms with Crippen LogP contribution < -0.4 is 10.6 Å². The minimum atomic E-state index is 0.649. The highest BCUT2D eigenvalue weighted by Crippen LogP contribution is 2.23. The molecule has 1 saturated carbocycles. The lowest BCUT2D eigenvalue weighted by Gasteiger charge is -2.32. The minimum Gasteiger partial charge on any atom is -0.382 e. The van der Waals surface area contributed by atoms with Crippen molar-refractivity contribution in [3.63, 3.8) is 0 Å². The average Bonchev–Trinajstić information content (AvgIpc) is 2.41. The largest absolute Gasteiger partial charge is 0.382 e. The fraction of sp³-hybridized carbons (Fsp3) is 0.667. The number of para-hydroxylation sites is 1. The Balaban J connectivity index is 1.70. The second kappa shape index (κ2) is 7.68. The predicted molar refractivity (Wildman–Crippen MR) is 88.2 cm³/mol. The first-order valence-corrected chi connectivity index (χ1v) is 8.21. The molecule has 20 heavy (non-hydrogen) atoms. The van der Waals surface area contributed by atoms with Crippen LogP contribution in [0.4, 0.5) is 5.69 Å². The van der Waals surface area contributed by atoms with Crippen molar-refractivity contribution in [2.24, 2.45) is 5.92 Å². The average molecular weight is 274 g/mol. The molecule has 1 aliphatic rings. The summed E-state index contributed by atoms with van der Waals surface area (Å²) in [6.45, 7) is 6.94. The van der Waals surface area contributed by atoms with Gasteiger partial charge in [0.2, 0.25) is 0 Å². The molecule has 0 spiro atoms. The Labute approximate surface area is 124 Å². The van der Waals surface area contributed by atoms with E-state index in [0.717, 1.165) is 12.0 Å². The maximum Gasteiger partial charge on any atom is 0.0342 e. The second-order valence-electron chi connectivity index (χ2n) is 6.76. The number of nitrogens with one attached hydrogen (secondary N) is 2. The molecule has 0 radical (unpaired) electrons. The van der Waals surface area contributed by atoms with Gasteiger partial charge in [-0.2, -0.15) is 0 Å². The summed E-state index contributed by atoms with van der Waals surface area (Å²) in [5.41, 5.74) is 1.26. The van der Waals surface area contributed by atoms with E-state index in [2.05, 4.69) is 61.7 Å². The van der Waals surface area contributed by atoms with Gasteiger partial charge in [-0.1, -0.05) is 32.0 Å². The van der Waals surface area contributed by atoms with Crippen molar-refractivity contribution in [1.29, 1.82) is 0 Å². The molecule has 112 valence electrons. The molecule has 1 aromatic carbocycles. The number of benzene rings is 1. The Kier molecular flexibility index (Phi) is 5.90. The molecule has 1 fully saturated rings. The summed E-state index contributed by atoms with van der Waals surface area (Å²) in [6.07, 6.45) is 6.43. The van der Waals surface area contributed by atoms with Crippen LogP contribution in [0.2, 0.25) is 0 Å². The van der Waals surface area contributed by atoms with Gasteiger partial charge in [0.1, 0.15) is 0 Å². The molecular weight excluding hydrogens is 244 g/mol. The van der Waals surface area contributed by atoms with Crippen LogP contribution in [0.15, 0.2) is 30.3 Å². The van der Waals surface area contributed by atoms with E-state index < -0.39 is 0 Å². The van der Waals surface area contributed by atoms with Gasteiger partial charge < -0.3 is 10.6 Å². The van der Waals surface area contributed by atoms with Gasteiger partial charge in [0.05, 0.1) is 0 Å². The van der Waals surface area contributed by atoms with Crippen molar-refractivity contribution in [3.8, 4) is 0 Å². The zero-order valence-corrected chi connectivity index (χ0v) is 13.2. The molecule has 1 aromatic rings. The minimum absolute atomic E-state index is 0.649. The Morgan fingerprint density at radius 3 is 2.15 bits per heavy atom. The molecule has 2 N–H and O–H groups in total. The summed E-state index contributed by atoms with van der Waals surface area (Å²) in [5.74, 6) is 0.786. The molecule has 2 heteroatoms. The highest BCUT2D eigenvalue weighted by atomic mass is 15.0. The zero-order chi connectivity index (χ0) is 14.4. The van der Waals surface area contributed by atoms with Crippen LogP contribution >= 0.6 is 0 Å². The fourth-order valence-electron chi connectivity index (χ4n) is 3.35. The number of hydrogen-bond donors (Lipinski definition) is 2. The fourth-order valence-corrected chi connectivity index (χ4v) is 3.35. The first-order valence-electron chi connectivity index (χ1n) is 8.21. The Bertz CT molecular complexity index is 366. The Hall–Kier alpha value is -1.02. The topological polar surface area (TPSA) is 24.1 Å². The monoisotopic (exact) mass is 274 g/mol. The van der Waals surface area contributed by atoms with E-state index in [-0.39, 0.29) is 0 Å². The van der Waals surface area contributed by atoms with Crippen LogP contribution in [-0.4, -0.2) is 18.1 Å². The molecule has 0 bridgehead atoms. The van der Waals surface area contributed by atoms with Gasteiger partial charge >= 0.3 is 0 Å². The van der Waals surface area contributed by atoms with Crippen LogP contribution in [0.1, 0.15) is 52.9 Å². The van der Waals surface area contributed by atoms with Crippen LogP contribution in [-0.2, 0) is 0 Å². The van der Waals surface area contributed by atoms with Crippen LogP contribution in [0.25, 0.3) is 0 Å². The summed E-state index contributed by atoms with van der Waals surface area (Å²) in [4.78, 5) is 0. The van der Waals surface area contributed by atoms with Crippen molar-refractivity contribution in [1.82, 2.24) is 5.32 Å². The molecule has 0 aliphatic heterocycles. The Morgan fingerprint density at radius 2 is 1.55 bits per heavy atom. The van der Waals surface area contributed by atoms with Crippen molar-refractivity contribution in [2.45, 2.75) is 71.0 Å². The van der Waals surface area contributed by atoms with Gasteiger partial charge in [-0.05, 0) is 57.1 Å². The zero-order valence-electron chi connectivity index (χ0n) is 13.2. The summed E-state index contributed by atoms with van der Waals surface area (Å²) < 4.78 is 0. The summed E-state index contributed by atoms with van der Waals surface area (Å²) in [6, 6.07) is 12.6. The SMILES string of the molecule is CC(C)CC(C)NC1CCC(Nc2ccccc2)CC1. The van der Waals surface area contributed by atoms with E-state index in [1.165, 1.54) is 37.8 Å². The van der Waals surface area contributed by atoms with Crippen molar-refractivity contribution >= 4 is 5.69 Å². The third kappa shape index (κ3) is 5.16. The second-order valence-corrected chi connectivity index (χ2v) is 6.76. The van der Waals surface area contributed by atoms with Crippen LogP contribution in [0.5, 0.6) is 0 Å². The lowest BCUT2D eigenvalue weighted by molar-refractivity contribution is 0.310. The summed E-state index contributed by atoms with van der Waals surface area (Å²) in [5, 5.41) is 7.47. The third-order valence-corrected chi connectivity index (χ3v) is 4.22. The summed E-state index contributed by atoms with van der Waals surface area (Å²) in [7, 11) is 0. The predicted octanol–water partition coefficient (Wildman–Crippen LogP) is 4.43. The molecule has 1 aliphatic carbocycles. The van der Waals surface area contributed by atoms with E-state index in [1.807, 2.05) is 0 Å². The molecule has 1 atom stereocenters. The standard InChI is InChI=1S/C18H30N2/c1-14(2)13-15(3)19-17-9-11-18(12-10-17)20-16-7-5-4-6-8-16/h4-8,14-15,17-20H,9-13H2,1-3H3. The van der Waals surface area contributed by atoms with Crippen molar-refractivity contribution in [2.75, 3.05) is 5.32 Å².